The third kappa shape index (κ3) is 3.47. The Morgan fingerprint density at radius 1 is 1.55 bits per heavy atom. The van der Waals surface area contributed by atoms with E-state index in [1.54, 1.807) is 6.20 Å². The second-order valence-corrected chi connectivity index (χ2v) is 6.19. The molecule has 2 saturated heterocycles. The Labute approximate surface area is 131 Å². The van der Waals surface area contributed by atoms with Crippen LogP contribution in [0.1, 0.15) is 31.9 Å². The van der Waals surface area contributed by atoms with Gasteiger partial charge in [0.05, 0.1) is 24.7 Å². The lowest BCUT2D eigenvalue weighted by atomic mass is 9.89. The van der Waals surface area contributed by atoms with Crippen LogP contribution in [-0.4, -0.2) is 53.8 Å². The second kappa shape index (κ2) is 6.75. The third-order valence-electron chi connectivity index (χ3n) is 4.53. The van der Waals surface area contributed by atoms with Crippen LogP contribution in [0.25, 0.3) is 0 Å². The molecule has 1 amide bonds. The summed E-state index contributed by atoms with van der Waals surface area (Å²) in [4.78, 5) is 18.7. The first kappa shape index (κ1) is 15.4. The first-order valence-electron chi connectivity index (χ1n) is 8.14. The number of likely N-dealkylation sites (tertiary alicyclic amines) is 1. The van der Waals surface area contributed by atoms with E-state index in [0.29, 0.717) is 26.2 Å². The summed E-state index contributed by atoms with van der Waals surface area (Å²) in [6.07, 6.45) is 5.18. The summed E-state index contributed by atoms with van der Waals surface area (Å²) in [5.74, 6) is 0.140. The van der Waals surface area contributed by atoms with Gasteiger partial charge in [0.25, 0.3) is 0 Å². The van der Waals surface area contributed by atoms with Crippen LogP contribution in [0.5, 0.6) is 0 Å². The Bertz CT molecular complexity index is 508. The van der Waals surface area contributed by atoms with Gasteiger partial charge in [0.1, 0.15) is 0 Å². The highest BCUT2D eigenvalue weighted by Gasteiger charge is 2.44. The molecule has 1 spiro atoms. The first-order valence-corrected chi connectivity index (χ1v) is 8.14. The molecule has 5 nitrogen and oxygen atoms in total. The number of nitrogens with zero attached hydrogens (tertiary/aromatic N) is 2. The molecular formula is C17H24N2O3. The Kier molecular flexibility index (Phi) is 4.74. The maximum atomic E-state index is 12.5. The van der Waals surface area contributed by atoms with Crippen LogP contribution in [0.3, 0.4) is 0 Å². The highest BCUT2D eigenvalue weighted by molar-refractivity contribution is 5.78. The van der Waals surface area contributed by atoms with E-state index in [9.17, 15) is 4.79 Å². The van der Waals surface area contributed by atoms with E-state index in [-0.39, 0.29) is 17.6 Å². The molecule has 2 atom stereocenters. The molecule has 0 aromatic carbocycles. The van der Waals surface area contributed by atoms with E-state index in [0.717, 1.165) is 31.5 Å². The first-order chi connectivity index (χ1) is 10.7. The molecule has 2 aliphatic rings. The molecule has 0 saturated carbocycles. The smallest absolute Gasteiger partial charge is 0.228 e. The number of piperidine rings is 1. The molecule has 0 aliphatic carbocycles. The van der Waals surface area contributed by atoms with E-state index in [1.807, 2.05) is 30.0 Å². The van der Waals surface area contributed by atoms with Crippen LogP contribution in [0, 0.1) is 0 Å². The van der Waals surface area contributed by atoms with E-state index in [4.69, 9.17) is 9.47 Å². The van der Waals surface area contributed by atoms with Gasteiger partial charge in [-0.1, -0.05) is 6.07 Å². The van der Waals surface area contributed by atoms with Gasteiger partial charge >= 0.3 is 0 Å². The van der Waals surface area contributed by atoms with Crippen molar-refractivity contribution in [3.63, 3.8) is 0 Å². The largest absolute Gasteiger partial charge is 0.376 e. The average molecular weight is 304 g/mol. The van der Waals surface area contributed by atoms with Crippen molar-refractivity contribution in [2.24, 2.45) is 0 Å². The summed E-state index contributed by atoms with van der Waals surface area (Å²) in [6.45, 7) is 4.87. The highest BCUT2D eigenvalue weighted by atomic mass is 16.6. The minimum absolute atomic E-state index is 0.140. The van der Waals surface area contributed by atoms with Crippen LogP contribution in [-0.2, 0) is 20.7 Å². The van der Waals surface area contributed by atoms with Crippen LogP contribution < -0.4 is 0 Å². The Morgan fingerprint density at radius 3 is 3.23 bits per heavy atom. The van der Waals surface area contributed by atoms with Gasteiger partial charge in [0, 0.05) is 38.0 Å². The van der Waals surface area contributed by atoms with Crippen molar-refractivity contribution >= 4 is 5.91 Å². The lowest BCUT2D eigenvalue weighted by molar-refractivity contribution is -0.138. The zero-order valence-corrected chi connectivity index (χ0v) is 13.2. The van der Waals surface area contributed by atoms with E-state index in [1.165, 1.54) is 0 Å². The van der Waals surface area contributed by atoms with Gasteiger partial charge in [-0.2, -0.15) is 0 Å². The maximum Gasteiger partial charge on any atom is 0.228 e. The zero-order chi connectivity index (χ0) is 15.4. The lowest BCUT2D eigenvalue weighted by Gasteiger charge is -2.39. The molecule has 1 aromatic rings. The molecule has 0 unspecified atom stereocenters. The maximum absolute atomic E-state index is 12.5. The number of carbonyl (C=O) groups is 1. The summed E-state index contributed by atoms with van der Waals surface area (Å²) in [6, 6.07) is 5.68. The van der Waals surface area contributed by atoms with E-state index in [2.05, 4.69) is 4.98 Å². The minimum Gasteiger partial charge on any atom is -0.376 e. The van der Waals surface area contributed by atoms with Gasteiger partial charge in [-0.25, -0.2) is 0 Å². The molecule has 3 rings (SSSR count). The van der Waals surface area contributed by atoms with Crippen LogP contribution >= 0.6 is 0 Å². The number of aromatic nitrogens is 1. The molecule has 22 heavy (non-hydrogen) atoms. The molecule has 2 aliphatic heterocycles. The van der Waals surface area contributed by atoms with Crippen molar-refractivity contribution in [1.29, 1.82) is 0 Å². The predicted molar refractivity (Wildman–Crippen MR) is 82.5 cm³/mol. The zero-order valence-electron chi connectivity index (χ0n) is 13.2. The fourth-order valence-corrected chi connectivity index (χ4v) is 3.51. The molecular weight excluding hydrogens is 280 g/mol. The number of ether oxygens (including phenoxy) is 2. The second-order valence-electron chi connectivity index (χ2n) is 6.19. The van der Waals surface area contributed by atoms with Crippen molar-refractivity contribution in [3.8, 4) is 0 Å². The number of hydrogen-bond acceptors (Lipinski definition) is 4. The van der Waals surface area contributed by atoms with Crippen LogP contribution in [0.4, 0.5) is 0 Å². The third-order valence-corrected chi connectivity index (χ3v) is 4.53. The van der Waals surface area contributed by atoms with Gasteiger partial charge in [-0.15, -0.1) is 0 Å². The fourth-order valence-electron chi connectivity index (χ4n) is 3.51. The highest BCUT2D eigenvalue weighted by Crippen LogP contribution is 2.35. The van der Waals surface area contributed by atoms with Crippen molar-refractivity contribution in [2.75, 3.05) is 26.3 Å². The summed E-state index contributed by atoms with van der Waals surface area (Å²) in [5.41, 5.74) is 0.629. The molecule has 5 heteroatoms. The Hall–Kier alpha value is -1.46. The van der Waals surface area contributed by atoms with Gasteiger partial charge in [-0.05, 0) is 31.9 Å². The molecule has 0 radical (unpaired) electrons. The Morgan fingerprint density at radius 2 is 2.45 bits per heavy atom. The van der Waals surface area contributed by atoms with E-state index < -0.39 is 0 Å². The van der Waals surface area contributed by atoms with Crippen LogP contribution in [0.15, 0.2) is 24.4 Å². The number of carbonyl (C=O) groups excluding carboxylic acids is 1. The average Bonchev–Trinajstić information content (AvgIpc) is 2.91. The minimum atomic E-state index is -0.197. The summed E-state index contributed by atoms with van der Waals surface area (Å²) < 4.78 is 11.7. The van der Waals surface area contributed by atoms with Gasteiger partial charge in [0.15, 0.2) is 0 Å². The van der Waals surface area contributed by atoms with Crippen LogP contribution in [0.2, 0.25) is 0 Å². The van der Waals surface area contributed by atoms with Gasteiger partial charge < -0.3 is 14.4 Å². The standard InChI is InChI=1S/C17H24N2O3/c1-2-21-15-11-17(22-12-15)7-5-9-19(13-17)16(20)10-14-6-3-4-8-18-14/h3-4,6,8,15H,2,5,7,9-13H2,1H3/t15-,17+/m1/s1. The molecule has 120 valence electrons. The quantitative estimate of drug-likeness (QED) is 0.851. The van der Waals surface area contributed by atoms with Crippen molar-refractivity contribution < 1.29 is 14.3 Å². The molecule has 3 heterocycles. The molecule has 2 fully saturated rings. The van der Waals surface area contributed by atoms with Crippen molar-refractivity contribution in [1.82, 2.24) is 9.88 Å². The Balaban J connectivity index is 1.60. The molecule has 0 N–H and O–H groups in total. The number of rotatable bonds is 4. The van der Waals surface area contributed by atoms with Gasteiger partial charge in [-0.3, -0.25) is 9.78 Å². The summed E-state index contributed by atoms with van der Waals surface area (Å²) in [7, 11) is 0. The lowest BCUT2D eigenvalue weighted by Crippen LogP contribution is -2.50. The fraction of sp³-hybridized carbons (Fsp3) is 0.647. The van der Waals surface area contributed by atoms with Crippen molar-refractivity contribution in [3.05, 3.63) is 30.1 Å². The predicted octanol–water partition coefficient (Wildman–Crippen LogP) is 1.81. The number of amides is 1. The summed E-state index contributed by atoms with van der Waals surface area (Å²) in [5, 5.41) is 0. The topological polar surface area (TPSA) is 51.7 Å². The SMILES string of the molecule is CCO[C@H]1CO[C@@]2(CCCN(C(=O)Cc3ccccn3)C2)C1. The normalized spacial score (nSPS) is 28.2. The summed E-state index contributed by atoms with van der Waals surface area (Å²) >= 11 is 0. The van der Waals surface area contributed by atoms with Gasteiger partial charge in [0.2, 0.25) is 5.91 Å². The molecule has 0 bridgehead atoms. The number of pyridine rings is 1. The number of hydrogen-bond donors (Lipinski definition) is 0. The van der Waals surface area contributed by atoms with E-state index >= 15 is 0 Å². The molecule has 1 aromatic heterocycles. The van der Waals surface area contributed by atoms with Crippen molar-refractivity contribution in [2.45, 2.75) is 44.3 Å². The monoisotopic (exact) mass is 304 g/mol.